The van der Waals surface area contributed by atoms with Gasteiger partial charge in [-0.25, -0.2) is 14.4 Å². The van der Waals surface area contributed by atoms with Crippen LogP contribution in [0.25, 0.3) is 0 Å². The van der Waals surface area contributed by atoms with Crippen molar-refractivity contribution < 1.29 is 71.4 Å². The maximum Gasteiger partial charge on any atom is 0.332 e. The van der Waals surface area contributed by atoms with Crippen LogP contribution in [-0.4, -0.2) is 112 Å². The largest absolute Gasteiger partial charge is 0.463 e. The molecule has 0 aromatic heterocycles. The first-order chi connectivity index (χ1) is 33.4. The van der Waals surface area contributed by atoms with Gasteiger partial charge >= 0.3 is 35.8 Å². The lowest BCUT2D eigenvalue weighted by molar-refractivity contribution is -0.207. The number of rotatable bonds is 25. The van der Waals surface area contributed by atoms with E-state index in [-0.39, 0.29) is 112 Å². The molecule has 6 rings (SSSR count). The molecule has 6 aliphatic carbocycles. The van der Waals surface area contributed by atoms with Gasteiger partial charge in [-0.1, -0.05) is 40.5 Å². The molecule has 6 aliphatic rings. The summed E-state index contributed by atoms with van der Waals surface area (Å²) >= 11 is 0. The van der Waals surface area contributed by atoms with Crippen LogP contribution < -0.4 is 0 Å². The average Bonchev–Trinajstić information content (AvgIpc) is 3.33. The number of hydrogen-bond donors (Lipinski definition) is 0. The highest BCUT2D eigenvalue weighted by atomic mass is 16.6. The Morgan fingerprint density at radius 3 is 1.13 bits per heavy atom. The Hall–Kier alpha value is -3.30. The molecule has 0 radical (unpaired) electrons. The van der Waals surface area contributed by atoms with Crippen LogP contribution in [0.1, 0.15) is 205 Å². The summed E-state index contributed by atoms with van der Waals surface area (Å²) in [5, 5.41) is 0. The fourth-order valence-electron chi connectivity index (χ4n) is 10.3. The number of carbonyl (C=O) groups is 6. The van der Waals surface area contributed by atoms with Crippen molar-refractivity contribution in [2.24, 2.45) is 39.9 Å². The highest BCUT2D eigenvalue weighted by Crippen LogP contribution is 2.59. The van der Waals surface area contributed by atoms with Crippen molar-refractivity contribution in [2.75, 3.05) is 59.5 Å². The maximum atomic E-state index is 12.3. The molecule has 0 aromatic rings. The molecule has 0 aliphatic heterocycles. The number of esters is 6. The van der Waals surface area contributed by atoms with E-state index >= 15 is 0 Å². The quantitative estimate of drug-likeness (QED) is 0.0477. The Kier molecular flexibility index (Phi) is 25.3. The molecule has 0 saturated heterocycles. The van der Waals surface area contributed by atoms with Gasteiger partial charge in [-0.05, 0) is 188 Å². The molecule has 4 bridgehead atoms. The van der Waals surface area contributed by atoms with Crippen molar-refractivity contribution >= 4 is 35.8 Å². The first-order valence-corrected chi connectivity index (χ1v) is 27.3. The minimum Gasteiger partial charge on any atom is -0.463 e. The van der Waals surface area contributed by atoms with Crippen molar-refractivity contribution in [1.29, 1.82) is 0 Å². The predicted octanol–water partition coefficient (Wildman–Crippen LogP) is 10.6. The first-order valence-electron chi connectivity index (χ1n) is 27.3. The van der Waals surface area contributed by atoms with Gasteiger partial charge in [0.05, 0.1) is 36.1 Å². The van der Waals surface area contributed by atoms with Gasteiger partial charge in [-0.3, -0.25) is 14.4 Å². The van der Waals surface area contributed by atoms with Crippen molar-refractivity contribution in [3.63, 3.8) is 0 Å². The monoisotopic (exact) mass is 1010 g/mol. The van der Waals surface area contributed by atoms with E-state index in [2.05, 4.69) is 13.8 Å². The van der Waals surface area contributed by atoms with Gasteiger partial charge in [-0.15, -0.1) is 0 Å². The minimum atomic E-state index is -0.479. The van der Waals surface area contributed by atoms with Gasteiger partial charge in [0, 0.05) is 0 Å². The van der Waals surface area contributed by atoms with E-state index < -0.39 is 16.2 Å². The summed E-state index contributed by atoms with van der Waals surface area (Å²) in [6.45, 7) is 24.0. The third-order valence-electron chi connectivity index (χ3n) is 16.5. The first kappa shape index (κ1) is 62.0. The van der Waals surface area contributed by atoms with E-state index in [4.69, 9.17) is 42.6 Å². The van der Waals surface area contributed by atoms with E-state index in [1.54, 1.807) is 0 Å². The second kappa shape index (κ2) is 29.0. The fraction of sp³-hybridized carbons (Fsp3) is 0.893. The number of ether oxygens (including phenoxy) is 9. The van der Waals surface area contributed by atoms with Crippen LogP contribution in [0.2, 0.25) is 0 Å². The number of carbonyl (C=O) groups excluding carboxylic acids is 6. The topological polar surface area (TPSA) is 185 Å². The lowest BCUT2D eigenvalue weighted by atomic mass is 9.50. The van der Waals surface area contributed by atoms with Crippen LogP contribution in [0.4, 0.5) is 0 Å². The van der Waals surface area contributed by atoms with E-state index in [1.165, 1.54) is 44.9 Å². The molecule has 0 spiro atoms. The Labute approximate surface area is 427 Å². The summed E-state index contributed by atoms with van der Waals surface area (Å²) in [5.41, 5.74) is -2.38. The molecule has 6 saturated carbocycles. The molecular formula is C56H96O15. The summed E-state index contributed by atoms with van der Waals surface area (Å²) < 4.78 is 48.5. The Morgan fingerprint density at radius 1 is 0.437 bits per heavy atom. The molecule has 71 heavy (non-hydrogen) atoms. The van der Waals surface area contributed by atoms with Gasteiger partial charge < -0.3 is 42.6 Å². The van der Waals surface area contributed by atoms with Crippen LogP contribution in [0.5, 0.6) is 0 Å². The van der Waals surface area contributed by atoms with Gasteiger partial charge in [0.25, 0.3) is 0 Å². The molecule has 15 nitrogen and oxygen atoms in total. The second-order valence-corrected chi connectivity index (χ2v) is 23.3. The van der Waals surface area contributed by atoms with Gasteiger partial charge in [-0.2, -0.15) is 0 Å². The molecule has 0 atom stereocenters. The average molecular weight is 1010 g/mol. The van der Waals surface area contributed by atoms with E-state index in [0.29, 0.717) is 11.8 Å². The van der Waals surface area contributed by atoms with Crippen molar-refractivity contribution in [2.45, 2.75) is 222 Å². The van der Waals surface area contributed by atoms with Crippen LogP contribution in [-0.2, 0) is 71.4 Å². The highest BCUT2D eigenvalue weighted by molar-refractivity contribution is 5.77. The standard InChI is InChI=1S/C21H34O5.C18H32O5.C17H30O5/c1-5-20(2,3)19(23)25-7-6-24-13-18(22)26-21(4)16-9-14-8-15(11-16)12-17(21)10-14;1-5-17(3,4)16(20)22-13-12-21-14-15(19)23-18(6-2)10-8-7-9-11-18;1-5-16(2,3)15(19)21-12-11-20-13-14(18)22-17(4)9-7-6-8-10-17/h14-17H,5-13H2,1-4H3;5-14H2,1-4H3;5-13H2,1-4H3. The summed E-state index contributed by atoms with van der Waals surface area (Å²) in [6.07, 6.45) is 19.8. The smallest absolute Gasteiger partial charge is 0.332 e. The van der Waals surface area contributed by atoms with Crippen LogP contribution in [0.3, 0.4) is 0 Å². The second-order valence-electron chi connectivity index (χ2n) is 23.3. The van der Waals surface area contributed by atoms with E-state index in [0.717, 1.165) is 88.9 Å². The molecule has 15 heteroatoms. The maximum absolute atomic E-state index is 12.3. The van der Waals surface area contributed by atoms with Crippen molar-refractivity contribution in [3.8, 4) is 0 Å². The van der Waals surface area contributed by atoms with Crippen LogP contribution in [0.15, 0.2) is 0 Å². The zero-order chi connectivity index (χ0) is 52.9. The molecule has 0 heterocycles. The lowest BCUT2D eigenvalue weighted by Crippen LogP contribution is -2.58. The zero-order valence-corrected chi connectivity index (χ0v) is 46.2. The van der Waals surface area contributed by atoms with Gasteiger partial charge in [0.1, 0.15) is 56.4 Å². The third kappa shape index (κ3) is 20.2. The van der Waals surface area contributed by atoms with Crippen LogP contribution >= 0.6 is 0 Å². The van der Waals surface area contributed by atoms with Crippen molar-refractivity contribution in [3.05, 3.63) is 0 Å². The van der Waals surface area contributed by atoms with E-state index in [1.807, 2.05) is 69.2 Å². The number of hydrogen-bond acceptors (Lipinski definition) is 15. The molecular weight excluding hydrogens is 913 g/mol. The predicted molar refractivity (Wildman–Crippen MR) is 269 cm³/mol. The third-order valence-corrected chi connectivity index (χ3v) is 16.5. The van der Waals surface area contributed by atoms with Gasteiger partial charge in [0.2, 0.25) is 0 Å². The molecule has 6 fully saturated rings. The molecule has 410 valence electrons. The van der Waals surface area contributed by atoms with E-state index in [9.17, 15) is 28.8 Å². The normalized spacial score (nSPS) is 24.2. The fourth-order valence-corrected chi connectivity index (χ4v) is 10.3. The zero-order valence-electron chi connectivity index (χ0n) is 46.2. The summed E-state index contributed by atoms with van der Waals surface area (Å²) in [5.74, 6) is 1.06. The summed E-state index contributed by atoms with van der Waals surface area (Å²) in [4.78, 5) is 71.3. The summed E-state index contributed by atoms with van der Waals surface area (Å²) in [6, 6.07) is 0. The lowest BCUT2D eigenvalue weighted by Gasteiger charge is -2.59. The Balaban J connectivity index is 0.000000283. The Morgan fingerprint density at radius 2 is 0.775 bits per heavy atom. The van der Waals surface area contributed by atoms with Crippen molar-refractivity contribution in [1.82, 2.24) is 0 Å². The molecule has 0 amide bonds. The molecule has 0 unspecified atom stereocenters. The minimum absolute atomic E-state index is 0.0728. The summed E-state index contributed by atoms with van der Waals surface area (Å²) in [7, 11) is 0. The molecule has 0 N–H and O–H groups in total. The SMILES string of the molecule is CCC(C)(C)C(=O)OCCOCC(=O)OC1(C)C2CC3CC(C2)CC1C3.CCC(C)(C)C(=O)OCCOCC(=O)OC1(C)CCCCC1.CCC1(OC(=O)COCCOC(=O)C(C)(C)CC)CCCCC1. The highest BCUT2D eigenvalue weighted by Gasteiger charge is 2.57. The Bertz CT molecular complexity index is 1640. The van der Waals surface area contributed by atoms with Gasteiger partial charge in [0.15, 0.2) is 0 Å². The molecule has 0 aromatic carbocycles. The van der Waals surface area contributed by atoms with Crippen LogP contribution in [0, 0.1) is 39.9 Å².